The number of amides is 2. The van der Waals surface area contributed by atoms with E-state index in [-0.39, 0.29) is 22.3 Å². The van der Waals surface area contributed by atoms with Gasteiger partial charge >= 0.3 is 0 Å². The van der Waals surface area contributed by atoms with Gasteiger partial charge in [-0.2, -0.15) is 0 Å². The van der Waals surface area contributed by atoms with Crippen LogP contribution in [0.25, 0.3) is 0 Å². The minimum absolute atomic E-state index is 0.199. The lowest BCUT2D eigenvalue weighted by molar-refractivity contribution is -0.134. The Bertz CT molecular complexity index is 1400. The predicted molar refractivity (Wildman–Crippen MR) is 178 cm³/mol. The molecule has 2 aliphatic rings. The fourth-order valence-corrected chi connectivity index (χ4v) is 8.44. The first kappa shape index (κ1) is 30.2. The Hall–Kier alpha value is -3.88. The molecular weight excluding hydrogens is 589 g/mol. The van der Waals surface area contributed by atoms with Crippen LogP contribution in [0.3, 0.4) is 0 Å². The summed E-state index contributed by atoms with van der Waals surface area (Å²) in [5, 5.41) is 0.574. The molecule has 0 aromatic heterocycles. The summed E-state index contributed by atoms with van der Waals surface area (Å²) in [4.78, 5) is 29.8. The van der Waals surface area contributed by atoms with E-state index in [9.17, 15) is 9.59 Å². The second-order valence-electron chi connectivity index (χ2n) is 11.2. The monoisotopic (exact) mass is 624 g/mol. The molecule has 2 unspecified atom stereocenters. The van der Waals surface area contributed by atoms with Gasteiger partial charge in [0.1, 0.15) is 23.0 Å². The lowest BCUT2D eigenvalue weighted by Crippen LogP contribution is -2.40. The quantitative estimate of drug-likeness (QED) is 0.156. The summed E-state index contributed by atoms with van der Waals surface area (Å²) in [6, 6.07) is 35.4. The standard InChI is InChI=1S/C36H36N2O4S2/c39-35-23-33(19-21-37(35)25-27-11-15-31(16-12-27)41-29-7-3-1-4-8-29)43-44-34-20-22-38(36(40)24-34)26-28-13-17-32(18-14-28)42-30-9-5-2-6-10-30/h1-18,33-34H,19-26H2. The van der Waals surface area contributed by atoms with Crippen molar-refractivity contribution in [3.05, 3.63) is 120 Å². The summed E-state index contributed by atoms with van der Waals surface area (Å²) < 4.78 is 11.8. The van der Waals surface area contributed by atoms with Crippen LogP contribution in [0.2, 0.25) is 0 Å². The molecule has 0 aliphatic carbocycles. The number of likely N-dealkylation sites (tertiary alicyclic amines) is 2. The Morgan fingerprint density at radius 2 is 0.886 bits per heavy atom. The zero-order valence-corrected chi connectivity index (χ0v) is 26.2. The molecule has 226 valence electrons. The number of nitrogens with zero attached hydrogens (tertiary/aromatic N) is 2. The first-order chi connectivity index (χ1) is 21.6. The van der Waals surface area contributed by atoms with Crippen molar-refractivity contribution in [2.75, 3.05) is 13.1 Å². The fourth-order valence-electron chi connectivity index (χ4n) is 5.37. The molecule has 0 bridgehead atoms. The van der Waals surface area contributed by atoms with Gasteiger partial charge in [-0.25, -0.2) is 0 Å². The van der Waals surface area contributed by atoms with E-state index in [1.165, 1.54) is 0 Å². The molecule has 0 spiro atoms. The van der Waals surface area contributed by atoms with E-state index in [4.69, 9.17) is 9.47 Å². The van der Waals surface area contributed by atoms with Crippen molar-refractivity contribution in [3.8, 4) is 23.0 Å². The van der Waals surface area contributed by atoms with Crippen LogP contribution < -0.4 is 9.47 Å². The summed E-state index contributed by atoms with van der Waals surface area (Å²) in [6.45, 7) is 2.74. The molecule has 4 aromatic carbocycles. The Labute approximate surface area is 267 Å². The zero-order chi connectivity index (χ0) is 30.1. The molecule has 2 atom stereocenters. The van der Waals surface area contributed by atoms with Gasteiger partial charge in [-0.3, -0.25) is 9.59 Å². The fraction of sp³-hybridized carbons (Fsp3) is 0.278. The van der Waals surface area contributed by atoms with E-state index < -0.39 is 0 Å². The zero-order valence-electron chi connectivity index (χ0n) is 24.5. The van der Waals surface area contributed by atoms with Crippen LogP contribution in [0.4, 0.5) is 0 Å². The molecule has 4 aromatic rings. The number of hydrogen-bond acceptors (Lipinski definition) is 6. The highest BCUT2D eigenvalue weighted by atomic mass is 33.1. The van der Waals surface area contributed by atoms with Crippen molar-refractivity contribution in [1.29, 1.82) is 0 Å². The first-order valence-electron chi connectivity index (χ1n) is 15.1. The Morgan fingerprint density at radius 3 is 1.25 bits per heavy atom. The molecule has 8 heteroatoms. The van der Waals surface area contributed by atoms with Gasteiger partial charge in [0.2, 0.25) is 11.8 Å². The Kier molecular flexibility index (Phi) is 10.1. The topological polar surface area (TPSA) is 59.1 Å². The van der Waals surface area contributed by atoms with Crippen molar-refractivity contribution < 1.29 is 19.1 Å². The number of hydrogen-bond donors (Lipinski definition) is 0. The van der Waals surface area contributed by atoms with Gasteiger partial charge in [0.15, 0.2) is 0 Å². The number of piperidine rings is 2. The minimum atomic E-state index is 0.199. The van der Waals surface area contributed by atoms with Crippen LogP contribution in [0, 0.1) is 0 Å². The van der Waals surface area contributed by atoms with Crippen LogP contribution in [0.5, 0.6) is 23.0 Å². The molecular formula is C36H36N2O4S2. The minimum Gasteiger partial charge on any atom is -0.457 e. The number of para-hydroxylation sites is 2. The number of rotatable bonds is 11. The molecule has 0 radical (unpaired) electrons. The van der Waals surface area contributed by atoms with Gasteiger partial charge in [-0.15, -0.1) is 0 Å². The van der Waals surface area contributed by atoms with Gasteiger partial charge in [-0.1, -0.05) is 82.3 Å². The second kappa shape index (κ2) is 14.7. The number of benzene rings is 4. The van der Waals surface area contributed by atoms with Gasteiger partial charge in [0, 0.05) is 49.5 Å². The summed E-state index contributed by atoms with van der Waals surface area (Å²) in [7, 11) is 3.59. The third-order valence-corrected chi connectivity index (χ3v) is 11.3. The van der Waals surface area contributed by atoms with Crippen molar-refractivity contribution in [2.45, 2.75) is 49.3 Å². The maximum atomic E-state index is 13.0. The van der Waals surface area contributed by atoms with Crippen molar-refractivity contribution in [2.24, 2.45) is 0 Å². The molecule has 2 saturated heterocycles. The van der Waals surface area contributed by atoms with Crippen LogP contribution in [-0.4, -0.2) is 45.2 Å². The lowest BCUT2D eigenvalue weighted by atomic mass is 10.1. The maximum Gasteiger partial charge on any atom is 0.224 e. The summed E-state index contributed by atoms with van der Waals surface area (Å²) in [5.74, 6) is 3.57. The van der Waals surface area contributed by atoms with Crippen molar-refractivity contribution >= 4 is 33.4 Å². The second-order valence-corrected chi connectivity index (χ2v) is 14.0. The van der Waals surface area contributed by atoms with Gasteiger partial charge in [0.05, 0.1) is 0 Å². The summed E-state index contributed by atoms with van der Waals surface area (Å²) in [6.07, 6.45) is 3.03. The van der Waals surface area contributed by atoms with E-state index in [2.05, 4.69) is 0 Å². The normalized spacial score (nSPS) is 18.7. The number of carbonyl (C=O) groups excluding carboxylic acids is 2. The molecule has 6 rings (SSSR count). The van der Waals surface area contributed by atoms with Gasteiger partial charge in [0.25, 0.3) is 0 Å². The van der Waals surface area contributed by atoms with E-state index >= 15 is 0 Å². The van der Waals surface area contributed by atoms with E-state index in [0.717, 1.165) is 60.1 Å². The van der Waals surface area contributed by atoms with Crippen molar-refractivity contribution in [3.63, 3.8) is 0 Å². The number of carbonyl (C=O) groups is 2. The average Bonchev–Trinajstić information content (AvgIpc) is 3.05. The highest BCUT2D eigenvalue weighted by molar-refractivity contribution is 8.77. The van der Waals surface area contributed by atoms with Gasteiger partial charge in [-0.05, 0) is 72.5 Å². The average molecular weight is 625 g/mol. The van der Waals surface area contributed by atoms with Crippen LogP contribution in [-0.2, 0) is 22.7 Å². The Balaban J connectivity index is 0.900. The molecule has 2 aliphatic heterocycles. The van der Waals surface area contributed by atoms with Crippen LogP contribution >= 0.6 is 21.6 Å². The lowest BCUT2D eigenvalue weighted by Gasteiger charge is -2.34. The molecule has 2 heterocycles. The molecule has 6 nitrogen and oxygen atoms in total. The highest BCUT2D eigenvalue weighted by Gasteiger charge is 2.30. The largest absolute Gasteiger partial charge is 0.457 e. The highest BCUT2D eigenvalue weighted by Crippen LogP contribution is 2.40. The SMILES string of the molecule is O=C1CC(SSC2CCN(Cc3ccc(Oc4ccccc4)cc3)C(=O)C2)CCN1Cc1ccc(Oc2ccccc2)cc1. The number of ether oxygens (including phenoxy) is 2. The molecule has 0 saturated carbocycles. The molecule has 0 N–H and O–H groups in total. The van der Waals surface area contributed by atoms with Crippen LogP contribution in [0.1, 0.15) is 36.8 Å². The molecule has 44 heavy (non-hydrogen) atoms. The summed E-state index contributed by atoms with van der Waals surface area (Å²) in [5.41, 5.74) is 2.20. The third kappa shape index (κ3) is 8.39. The Morgan fingerprint density at radius 1 is 0.523 bits per heavy atom. The van der Waals surface area contributed by atoms with E-state index in [1.54, 1.807) is 21.6 Å². The maximum absolute atomic E-state index is 13.0. The van der Waals surface area contributed by atoms with Crippen molar-refractivity contribution in [1.82, 2.24) is 9.80 Å². The van der Waals surface area contributed by atoms with Crippen LogP contribution in [0.15, 0.2) is 109 Å². The molecule has 2 amide bonds. The van der Waals surface area contributed by atoms with E-state index in [1.807, 2.05) is 119 Å². The third-order valence-electron chi connectivity index (χ3n) is 7.83. The summed E-state index contributed by atoms with van der Waals surface area (Å²) >= 11 is 0. The van der Waals surface area contributed by atoms with E-state index in [0.29, 0.717) is 25.9 Å². The predicted octanol–water partition coefficient (Wildman–Crippen LogP) is 8.33. The smallest absolute Gasteiger partial charge is 0.224 e. The van der Waals surface area contributed by atoms with Gasteiger partial charge < -0.3 is 19.3 Å². The first-order valence-corrected chi connectivity index (χ1v) is 17.4. The molecule has 2 fully saturated rings.